The molecule has 0 aromatic heterocycles. The summed E-state index contributed by atoms with van der Waals surface area (Å²) in [5.74, 6) is -4.54. The Morgan fingerprint density at radius 1 is 1.11 bits per heavy atom. The van der Waals surface area contributed by atoms with Crippen LogP contribution < -0.4 is 0 Å². The minimum atomic E-state index is -2.32. The Morgan fingerprint density at radius 2 is 1.87 bits per heavy atom. The summed E-state index contributed by atoms with van der Waals surface area (Å²) in [6.07, 6.45) is 9.66. The lowest BCUT2D eigenvalue weighted by Crippen LogP contribution is -2.76. The Kier molecular flexibility index (Phi) is 7.70. The van der Waals surface area contributed by atoms with Gasteiger partial charge in [0.25, 0.3) is 0 Å². The number of carbonyl (C=O) groups is 1. The molecular formula is C37H46O9. The number of aliphatic hydroxyl groups is 3. The molecule has 7 rings (SSSR count). The van der Waals surface area contributed by atoms with Crippen LogP contribution in [0, 0.1) is 17.8 Å². The number of ketones is 1. The van der Waals surface area contributed by atoms with E-state index in [2.05, 4.69) is 19.6 Å². The van der Waals surface area contributed by atoms with Crippen molar-refractivity contribution in [2.45, 2.75) is 113 Å². The van der Waals surface area contributed by atoms with E-state index in [1.807, 2.05) is 56.3 Å². The van der Waals surface area contributed by atoms with Gasteiger partial charge < -0.3 is 39.0 Å². The van der Waals surface area contributed by atoms with Crippen molar-refractivity contribution in [1.82, 2.24) is 0 Å². The third kappa shape index (κ3) is 4.07. The van der Waals surface area contributed by atoms with Crippen LogP contribution in [0.5, 0.6) is 0 Å². The number of hydrogen-bond donors (Lipinski definition) is 3. The Morgan fingerprint density at radius 3 is 2.57 bits per heavy atom. The van der Waals surface area contributed by atoms with Crippen LogP contribution in [0.15, 0.2) is 78.4 Å². The van der Waals surface area contributed by atoms with Gasteiger partial charge in [0.15, 0.2) is 11.4 Å². The van der Waals surface area contributed by atoms with E-state index < -0.39 is 82.9 Å². The van der Waals surface area contributed by atoms with Crippen LogP contribution in [0.25, 0.3) is 0 Å². The number of unbranched alkanes of at least 4 members (excludes halogenated alkanes) is 3. The number of benzene rings is 1. The Bertz CT molecular complexity index is 1490. The quantitative estimate of drug-likeness (QED) is 0.143. The molecule has 3 saturated heterocycles. The molecule has 3 bridgehead atoms. The molecule has 46 heavy (non-hydrogen) atoms. The molecule has 3 N–H and O–H groups in total. The van der Waals surface area contributed by atoms with Crippen molar-refractivity contribution in [2.24, 2.45) is 17.8 Å². The van der Waals surface area contributed by atoms with Gasteiger partial charge in [-0.2, -0.15) is 0 Å². The second-order valence-electron chi connectivity index (χ2n) is 14.1. The van der Waals surface area contributed by atoms with E-state index in [9.17, 15) is 20.1 Å². The predicted octanol–water partition coefficient (Wildman–Crippen LogP) is 4.06. The highest BCUT2D eigenvalue weighted by Crippen LogP contribution is 2.73. The molecule has 6 aliphatic rings. The van der Waals surface area contributed by atoms with Gasteiger partial charge in [-0.1, -0.05) is 87.9 Å². The van der Waals surface area contributed by atoms with Gasteiger partial charge in [-0.25, -0.2) is 0 Å². The average Bonchev–Trinajstić information content (AvgIpc) is 3.67. The van der Waals surface area contributed by atoms with Gasteiger partial charge >= 0.3 is 5.97 Å². The molecule has 3 heterocycles. The Labute approximate surface area is 270 Å². The van der Waals surface area contributed by atoms with Gasteiger partial charge in [-0.15, -0.1) is 0 Å². The van der Waals surface area contributed by atoms with Gasteiger partial charge in [-0.05, 0) is 43.4 Å². The van der Waals surface area contributed by atoms with E-state index >= 15 is 0 Å². The van der Waals surface area contributed by atoms with Gasteiger partial charge in [-0.3, -0.25) is 4.79 Å². The number of rotatable bonds is 11. The molecule has 12 atom stereocenters. The summed E-state index contributed by atoms with van der Waals surface area (Å²) in [5.41, 5.74) is -4.58. The van der Waals surface area contributed by atoms with Crippen LogP contribution in [0.4, 0.5) is 0 Å². The van der Waals surface area contributed by atoms with E-state index in [1.54, 1.807) is 19.1 Å². The summed E-state index contributed by atoms with van der Waals surface area (Å²) in [6.45, 7) is 11.7. The fourth-order valence-corrected chi connectivity index (χ4v) is 9.32. The maximum Gasteiger partial charge on any atom is 0.306 e. The number of ether oxygens (including phenoxy) is 5. The Hall–Kier alpha value is -2.47. The molecule has 5 fully saturated rings. The Balaban J connectivity index is 1.39. The highest BCUT2D eigenvalue weighted by molar-refractivity contribution is 6.05. The molecule has 248 valence electrons. The van der Waals surface area contributed by atoms with Crippen LogP contribution in [0.1, 0.15) is 58.9 Å². The number of epoxide rings is 1. The maximum absolute atomic E-state index is 13.8. The second kappa shape index (κ2) is 11.0. The summed E-state index contributed by atoms with van der Waals surface area (Å²) in [5, 5.41) is 34.9. The average molecular weight is 635 g/mol. The molecule has 3 aliphatic heterocycles. The molecule has 0 spiro atoms. The third-order valence-corrected chi connectivity index (χ3v) is 11.6. The molecule has 9 nitrogen and oxygen atoms in total. The number of Topliss-reactive ketones (excluding diaryl/α,β-unsaturated/α-hetero) is 1. The van der Waals surface area contributed by atoms with Crippen molar-refractivity contribution in [3.63, 3.8) is 0 Å². The van der Waals surface area contributed by atoms with Gasteiger partial charge in [0.1, 0.15) is 29.5 Å². The highest BCUT2D eigenvalue weighted by Gasteiger charge is 2.90. The molecule has 1 aromatic carbocycles. The second-order valence-corrected chi connectivity index (χ2v) is 14.1. The first-order valence-electron chi connectivity index (χ1n) is 16.6. The van der Waals surface area contributed by atoms with Crippen molar-refractivity contribution in [1.29, 1.82) is 0 Å². The van der Waals surface area contributed by atoms with Crippen LogP contribution >= 0.6 is 0 Å². The minimum absolute atomic E-state index is 0.261. The molecule has 0 amide bonds. The predicted molar refractivity (Wildman–Crippen MR) is 168 cm³/mol. The number of fused-ring (bicyclic) bond motifs is 3. The molecule has 0 radical (unpaired) electrons. The first kappa shape index (κ1) is 32.1. The normalized spacial score (nSPS) is 46.7. The summed E-state index contributed by atoms with van der Waals surface area (Å²) in [7, 11) is 0. The van der Waals surface area contributed by atoms with Crippen molar-refractivity contribution >= 4 is 5.78 Å². The van der Waals surface area contributed by atoms with Crippen LogP contribution in [-0.4, -0.2) is 80.5 Å². The zero-order valence-electron chi connectivity index (χ0n) is 27.1. The molecule has 9 heteroatoms. The molecule has 2 saturated carbocycles. The lowest BCUT2D eigenvalue weighted by molar-refractivity contribution is -0.408. The standard InChI is InChI=1S/C37H46O9/c1-6-7-8-9-10-11-15-18-34-44-31-27-30-33(21-38,43-30)32(40)35(41)26(19-23(4)28(35)39)37(27,46-34)24(5)29(36(31,45-34)22(2)3)42-20-25-16-13-12-14-17-25/h10-19,24,26-27,29-32,38,40-41H,2,6-9,20-21H2,1,3-5H3/t24-,26-,27+,29-,30+,31-,32-,33+,34-,35-,36+,37+/m1/s1. The number of carbonyl (C=O) groups excluding carboxylic acids is 1. The fourth-order valence-electron chi connectivity index (χ4n) is 9.32. The van der Waals surface area contributed by atoms with Gasteiger partial charge in [0.2, 0.25) is 0 Å². The van der Waals surface area contributed by atoms with E-state index in [4.69, 9.17) is 23.7 Å². The van der Waals surface area contributed by atoms with Crippen LogP contribution in [-0.2, 0) is 35.1 Å². The lowest BCUT2D eigenvalue weighted by atomic mass is 9.53. The first-order valence-corrected chi connectivity index (χ1v) is 16.6. The molecule has 0 unspecified atom stereocenters. The molecule has 1 aromatic rings. The summed E-state index contributed by atoms with van der Waals surface area (Å²) >= 11 is 0. The first-order chi connectivity index (χ1) is 22.0. The maximum atomic E-state index is 13.8. The van der Waals surface area contributed by atoms with Crippen LogP contribution in [0.2, 0.25) is 0 Å². The van der Waals surface area contributed by atoms with E-state index in [1.165, 1.54) is 0 Å². The minimum Gasteiger partial charge on any atom is -0.393 e. The molecule has 3 aliphatic carbocycles. The number of allylic oxidation sites excluding steroid dienone is 3. The smallest absolute Gasteiger partial charge is 0.306 e. The number of hydrogen-bond acceptors (Lipinski definition) is 9. The molecular weight excluding hydrogens is 588 g/mol. The largest absolute Gasteiger partial charge is 0.393 e. The summed E-state index contributed by atoms with van der Waals surface area (Å²) in [6, 6.07) is 9.80. The van der Waals surface area contributed by atoms with Crippen LogP contribution in [0.3, 0.4) is 0 Å². The topological polar surface area (TPSA) is 127 Å². The number of aliphatic hydroxyl groups excluding tert-OH is 2. The van der Waals surface area contributed by atoms with E-state index in [0.717, 1.165) is 31.2 Å². The van der Waals surface area contributed by atoms with Crippen molar-refractivity contribution in [3.05, 3.63) is 84.0 Å². The zero-order chi connectivity index (χ0) is 32.7. The summed E-state index contributed by atoms with van der Waals surface area (Å²) in [4.78, 5) is 13.8. The SMILES string of the molecule is C=C(C)[C@@]12O[C@@]3(C=CC=CCCCCC)O[C@@H]1[C@@H]1[C@@H]4O[C@]4(CO)[C@@H](O)[C@]4(O)C(=O)C(C)=C[C@H]4[C@@]1(O3)[C@H](C)[C@H]2OCc1ccccc1. The third-order valence-electron chi connectivity index (χ3n) is 11.6. The van der Waals surface area contributed by atoms with E-state index in [0.29, 0.717) is 11.1 Å². The fraction of sp³-hybridized carbons (Fsp3) is 0.595. The zero-order valence-corrected chi connectivity index (χ0v) is 27.1. The monoisotopic (exact) mass is 634 g/mol. The van der Waals surface area contributed by atoms with Gasteiger partial charge in [0, 0.05) is 23.8 Å². The van der Waals surface area contributed by atoms with Crippen molar-refractivity contribution in [3.8, 4) is 0 Å². The van der Waals surface area contributed by atoms with E-state index in [-0.39, 0.29) is 6.61 Å². The van der Waals surface area contributed by atoms with Gasteiger partial charge in [0.05, 0.1) is 24.9 Å². The van der Waals surface area contributed by atoms with Crippen molar-refractivity contribution in [2.75, 3.05) is 6.61 Å². The highest BCUT2D eigenvalue weighted by atomic mass is 16.9. The lowest BCUT2D eigenvalue weighted by Gasteiger charge is -2.61. The summed E-state index contributed by atoms with van der Waals surface area (Å²) < 4.78 is 33.9. The van der Waals surface area contributed by atoms with Crippen molar-refractivity contribution < 1.29 is 43.8 Å².